The van der Waals surface area contributed by atoms with E-state index in [1.54, 1.807) is 4.90 Å². The number of amides is 1. The van der Waals surface area contributed by atoms with Crippen LogP contribution < -0.4 is 10.2 Å². The number of piperidine rings is 1. The molecule has 0 bridgehead atoms. The normalized spacial score (nSPS) is 26.7. The first-order chi connectivity index (χ1) is 11.9. The molecule has 0 aromatic carbocycles. The van der Waals surface area contributed by atoms with Crippen molar-refractivity contribution in [3.05, 3.63) is 17.0 Å². The zero-order chi connectivity index (χ0) is 17.7. The molecular formula is C17H21F3N4O. The van der Waals surface area contributed by atoms with Gasteiger partial charge in [0.25, 0.3) is 0 Å². The van der Waals surface area contributed by atoms with Gasteiger partial charge in [-0.1, -0.05) is 0 Å². The predicted molar refractivity (Wildman–Crippen MR) is 85.2 cm³/mol. The molecule has 1 unspecified atom stereocenters. The van der Waals surface area contributed by atoms with E-state index in [-0.39, 0.29) is 17.4 Å². The lowest BCUT2D eigenvalue weighted by molar-refractivity contribution is -0.142. The predicted octanol–water partition coefficient (Wildman–Crippen LogP) is 2.48. The van der Waals surface area contributed by atoms with Crippen LogP contribution in [0.15, 0.2) is 0 Å². The fraction of sp³-hybridized carbons (Fsp3) is 0.706. The number of carbonyl (C=O) groups is 1. The number of anilines is 1. The van der Waals surface area contributed by atoms with Gasteiger partial charge in [0.05, 0.1) is 5.41 Å². The molecule has 1 amide bonds. The third-order valence-corrected chi connectivity index (χ3v) is 5.68. The van der Waals surface area contributed by atoms with Crippen molar-refractivity contribution in [2.24, 2.45) is 5.41 Å². The van der Waals surface area contributed by atoms with Gasteiger partial charge in [-0.05, 0) is 44.9 Å². The van der Waals surface area contributed by atoms with Crippen LogP contribution in [0.1, 0.15) is 49.1 Å². The standard InChI is InChI=1S/C17H21F3N4O/c18-17(19,20)13-11-4-1-2-5-12(11)22-15(23-13)24-9-7-16(10-24)6-3-8-21-14(16)25/h1-10H2,(H,21,25). The number of rotatable bonds is 1. The average molecular weight is 354 g/mol. The van der Waals surface area contributed by atoms with Crippen molar-refractivity contribution in [1.29, 1.82) is 0 Å². The summed E-state index contributed by atoms with van der Waals surface area (Å²) in [6.45, 7) is 1.59. The number of hydrogen-bond donors (Lipinski definition) is 1. The second-order valence-electron chi connectivity index (χ2n) is 7.31. The summed E-state index contributed by atoms with van der Waals surface area (Å²) >= 11 is 0. The molecular weight excluding hydrogens is 333 g/mol. The van der Waals surface area contributed by atoms with E-state index in [4.69, 9.17) is 0 Å². The third kappa shape index (κ3) is 2.85. The molecule has 25 heavy (non-hydrogen) atoms. The molecule has 2 fully saturated rings. The second kappa shape index (κ2) is 5.85. The number of nitrogens with one attached hydrogen (secondary N) is 1. The summed E-state index contributed by atoms with van der Waals surface area (Å²) in [5.41, 5.74) is -0.513. The highest BCUT2D eigenvalue weighted by atomic mass is 19.4. The highest BCUT2D eigenvalue weighted by Crippen LogP contribution is 2.40. The van der Waals surface area contributed by atoms with Crippen molar-refractivity contribution in [1.82, 2.24) is 15.3 Å². The van der Waals surface area contributed by atoms with Gasteiger partial charge in [0.2, 0.25) is 11.9 Å². The second-order valence-corrected chi connectivity index (χ2v) is 7.31. The van der Waals surface area contributed by atoms with Gasteiger partial charge < -0.3 is 10.2 Å². The van der Waals surface area contributed by atoms with Crippen LogP contribution in [0, 0.1) is 5.41 Å². The van der Waals surface area contributed by atoms with Gasteiger partial charge in [0.15, 0.2) is 5.69 Å². The maximum absolute atomic E-state index is 13.5. The Bertz CT molecular complexity index is 706. The first-order valence-electron chi connectivity index (χ1n) is 8.89. The van der Waals surface area contributed by atoms with E-state index >= 15 is 0 Å². The number of alkyl halides is 3. The third-order valence-electron chi connectivity index (χ3n) is 5.68. The summed E-state index contributed by atoms with van der Waals surface area (Å²) in [5, 5.41) is 2.89. The Hall–Kier alpha value is -1.86. The highest BCUT2D eigenvalue weighted by molar-refractivity contribution is 5.84. The minimum Gasteiger partial charge on any atom is -0.356 e. The van der Waals surface area contributed by atoms with Gasteiger partial charge in [-0.15, -0.1) is 0 Å². The van der Waals surface area contributed by atoms with E-state index in [1.165, 1.54) is 0 Å². The van der Waals surface area contributed by atoms with Crippen molar-refractivity contribution in [3.8, 4) is 0 Å². The number of nitrogens with zero attached hydrogens (tertiary/aromatic N) is 3. The summed E-state index contributed by atoms with van der Waals surface area (Å²) in [7, 11) is 0. The van der Waals surface area contributed by atoms with Gasteiger partial charge in [0, 0.05) is 30.9 Å². The molecule has 1 aromatic rings. The maximum Gasteiger partial charge on any atom is 0.433 e. The molecule has 136 valence electrons. The van der Waals surface area contributed by atoms with Crippen LogP contribution in [0.25, 0.3) is 0 Å². The molecule has 1 spiro atoms. The first-order valence-corrected chi connectivity index (χ1v) is 8.89. The van der Waals surface area contributed by atoms with Crippen LogP contribution in [-0.4, -0.2) is 35.5 Å². The number of aryl methyl sites for hydroxylation is 1. The smallest absolute Gasteiger partial charge is 0.356 e. The molecule has 0 radical (unpaired) electrons. The Morgan fingerprint density at radius 3 is 2.64 bits per heavy atom. The number of carbonyl (C=O) groups excluding carboxylic acids is 1. The summed E-state index contributed by atoms with van der Waals surface area (Å²) in [6, 6.07) is 0. The zero-order valence-electron chi connectivity index (χ0n) is 14.0. The van der Waals surface area contributed by atoms with Crippen molar-refractivity contribution in [2.45, 2.75) is 51.1 Å². The van der Waals surface area contributed by atoms with Crippen molar-refractivity contribution in [3.63, 3.8) is 0 Å². The van der Waals surface area contributed by atoms with E-state index in [0.717, 1.165) is 25.7 Å². The molecule has 2 saturated heterocycles. The Balaban J connectivity index is 1.68. The molecule has 2 aliphatic heterocycles. The molecule has 5 nitrogen and oxygen atoms in total. The molecule has 3 heterocycles. The van der Waals surface area contributed by atoms with Crippen LogP contribution in [0.3, 0.4) is 0 Å². The van der Waals surface area contributed by atoms with E-state index in [0.29, 0.717) is 44.6 Å². The van der Waals surface area contributed by atoms with E-state index < -0.39 is 17.3 Å². The fourth-order valence-electron chi connectivity index (χ4n) is 4.32. The van der Waals surface area contributed by atoms with Crippen LogP contribution in [0.4, 0.5) is 19.1 Å². The highest BCUT2D eigenvalue weighted by Gasteiger charge is 2.47. The minimum absolute atomic E-state index is 0.00950. The number of hydrogen-bond acceptors (Lipinski definition) is 4. The molecule has 1 aliphatic carbocycles. The van der Waals surface area contributed by atoms with Crippen LogP contribution in [0.2, 0.25) is 0 Å². The van der Waals surface area contributed by atoms with E-state index in [2.05, 4.69) is 15.3 Å². The summed E-state index contributed by atoms with van der Waals surface area (Å²) in [5.74, 6) is 0.137. The minimum atomic E-state index is -4.47. The lowest BCUT2D eigenvalue weighted by Gasteiger charge is -2.32. The lowest BCUT2D eigenvalue weighted by atomic mass is 9.79. The van der Waals surface area contributed by atoms with Crippen molar-refractivity contribution in [2.75, 3.05) is 24.5 Å². The SMILES string of the molecule is O=C1NCCCC12CCN(c1nc3c(c(C(F)(F)F)n1)CCCC3)C2. The van der Waals surface area contributed by atoms with Crippen LogP contribution in [0.5, 0.6) is 0 Å². The fourth-order valence-corrected chi connectivity index (χ4v) is 4.32. The van der Waals surface area contributed by atoms with Gasteiger partial charge >= 0.3 is 6.18 Å². The van der Waals surface area contributed by atoms with E-state index in [1.807, 2.05) is 0 Å². The number of aromatic nitrogens is 2. The topological polar surface area (TPSA) is 58.1 Å². The largest absolute Gasteiger partial charge is 0.433 e. The van der Waals surface area contributed by atoms with Gasteiger partial charge in [-0.2, -0.15) is 13.2 Å². The van der Waals surface area contributed by atoms with Crippen molar-refractivity contribution >= 4 is 11.9 Å². The molecule has 4 rings (SSSR count). The Morgan fingerprint density at radius 1 is 1.08 bits per heavy atom. The van der Waals surface area contributed by atoms with Gasteiger partial charge in [-0.3, -0.25) is 4.79 Å². The van der Waals surface area contributed by atoms with Crippen molar-refractivity contribution < 1.29 is 18.0 Å². The van der Waals surface area contributed by atoms with Gasteiger partial charge in [0.1, 0.15) is 0 Å². The quantitative estimate of drug-likeness (QED) is 0.842. The molecule has 3 aliphatic rings. The van der Waals surface area contributed by atoms with Gasteiger partial charge in [-0.25, -0.2) is 9.97 Å². The molecule has 1 N–H and O–H groups in total. The zero-order valence-corrected chi connectivity index (χ0v) is 14.0. The lowest BCUT2D eigenvalue weighted by Crippen LogP contribution is -2.47. The monoisotopic (exact) mass is 354 g/mol. The maximum atomic E-state index is 13.5. The Kier molecular flexibility index (Phi) is 3.88. The Morgan fingerprint density at radius 2 is 1.88 bits per heavy atom. The summed E-state index contributed by atoms with van der Waals surface area (Å²) in [4.78, 5) is 22.4. The summed E-state index contributed by atoms with van der Waals surface area (Å²) in [6.07, 6.45) is 0.382. The summed E-state index contributed by atoms with van der Waals surface area (Å²) < 4.78 is 40.4. The average Bonchev–Trinajstić information content (AvgIpc) is 3.01. The Labute approximate surface area is 144 Å². The van der Waals surface area contributed by atoms with Crippen LogP contribution >= 0.6 is 0 Å². The number of halogens is 3. The first kappa shape index (κ1) is 16.6. The molecule has 1 aromatic heterocycles. The van der Waals surface area contributed by atoms with Crippen LogP contribution in [-0.2, 0) is 23.8 Å². The molecule has 0 saturated carbocycles. The molecule has 8 heteroatoms. The number of fused-ring (bicyclic) bond motifs is 1. The molecule has 1 atom stereocenters. The van der Waals surface area contributed by atoms with E-state index in [9.17, 15) is 18.0 Å².